The molecule has 5 heteroatoms. The highest BCUT2D eigenvalue weighted by atomic mass is 79.9. The van der Waals surface area contributed by atoms with E-state index in [0.29, 0.717) is 0 Å². The predicted molar refractivity (Wildman–Crippen MR) is 182 cm³/mol. The van der Waals surface area contributed by atoms with Gasteiger partial charge in [0.1, 0.15) is 11.2 Å². The quantitative estimate of drug-likeness (QED) is 0.194. The molecule has 0 aliphatic rings. The van der Waals surface area contributed by atoms with Gasteiger partial charge in [-0.2, -0.15) is 0 Å². The maximum Gasteiger partial charge on any atom is 0.135 e. The van der Waals surface area contributed by atoms with Crippen molar-refractivity contribution in [3.05, 3.63) is 126 Å². The van der Waals surface area contributed by atoms with E-state index in [-0.39, 0.29) is 0 Å². The van der Waals surface area contributed by atoms with Crippen LogP contribution in [0.2, 0.25) is 0 Å². The highest BCUT2D eigenvalue weighted by molar-refractivity contribution is 9.10. The summed E-state index contributed by atoms with van der Waals surface area (Å²) in [5, 5.41) is 7.37. The summed E-state index contributed by atoms with van der Waals surface area (Å²) in [7, 11) is 0. The van der Waals surface area contributed by atoms with Crippen LogP contribution in [0.4, 0.5) is 17.1 Å². The number of hydrogen-bond acceptors (Lipinski definition) is 4. The molecule has 0 saturated carbocycles. The molecular weight excluding hydrogens is 606 g/mol. The molecule has 0 unspecified atom stereocenters. The lowest BCUT2D eigenvalue weighted by Crippen LogP contribution is -2.09. The van der Waals surface area contributed by atoms with Gasteiger partial charge >= 0.3 is 0 Å². The number of anilines is 3. The number of halogens is 1. The van der Waals surface area contributed by atoms with Crippen molar-refractivity contribution in [2.24, 2.45) is 0 Å². The van der Waals surface area contributed by atoms with Crippen LogP contribution >= 0.6 is 38.6 Å². The molecule has 0 spiro atoms. The molecule has 6 aromatic carbocycles. The summed E-state index contributed by atoms with van der Waals surface area (Å²) in [6.45, 7) is 0. The Kier molecular flexibility index (Phi) is 5.12. The molecule has 41 heavy (non-hydrogen) atoms. The van der Waals surface area contributed by atoms with Gasteiger partial charge in [0, 0.05) is 72.7 Å². The number of hydrogen-bond donors (Lipinski definition) is 0. The van der Waals surface area contributed by atoms with Crippen molar-refractivity contribution >= 4 is 118 Å². The number of furan rings is 1. The maximum atomic E-state index is 6.19. The van der Waals surface area contributed by atoms with Gasteiger partial charge in [0.25, 0.3) is 0 Å². The normalized spacial score (nSPS) is 12.0. The van der Waals surface area contributed by atoms with Gasteiger partial charge in [-0.25, -0.2) is 0 Å². The Bertz CT molecular complexity index is 2350. The van der Waals surface area contributed by atoms with Crippen LogP contribution in [0.25, 0.3) is 62.3 Å². The van der Waals surface area contributed by atoms with Crippen molar-refractivity contribution in [2.75, 3.05) is 4.90 Å². The van der Waals surface area contributed by atoms with Crippen LogP contribution in [0.1, 0.15) is 0 Å². The average Bonchev–Trinajstić information content (AvgIpc) is 3.69. The number of benzene rings is 6. The molecule has 0 atom stereocenters. The zero-order valence-electron chi connectivity index (χ0n) is 21.6. The minimum absolute atomic E-state index is 0.898. The summed E-state index contributed by atoms with van der Waals surface area (Å²) in [5.74, 6) is 0. The minimum atomic E-state index is 0.898. The van der Waals surface area contributed by atoms with Crippen molar-refractivity contribution < 1.29 is 4.42 Å². The Labute approximate surface area is 251 Å². The maximum absolute atomic E-state index is 6.19. The van der Waals surface area contributed by atoms with Crippen LogP contribution in [0, 0.1) is 0 Å². The Morgan fingerprint density at radius 1 is 0.463 bits per heavy atom. The molecule has 9 aromatic rings. The van der Waals surface area contributed by atoms with Crippen molar-refractivity contribution in [3.63, 3.8) is 0 Å². The fourth-order valence-corrected chi connectivity index (χ4v) is 8.92. The minimum Gasteiger partial charge on any atom is -0.456 e. The Morgan fingerprint density at radius 2 is 1.05 bits per heavy atom. The molecule has 9 rings (SSSR count). The van der Waals surface area contributed by atoms with Crippen LogP contribution in [-0.4, -0.2) is 0 Å². The summed E-state index contributed by atoms with van der Waals surface area (Å²) in [6.07, 6.45) is 0. The molecular formula is C36H20BrNOS2. The van der Waals surface area contributed by atoms with E-state index < -0.39 is 0 Å². The van der Waals surface area contributed by atoms with E-state index in [0.717, 1.165) is 43.5 Å². The second-order valence-electron chi connectivity index (χ2n) is 10.3. The number of rotatable bonds is 3. The van der Waals surface area contributed by atoms with E-state index in [9.17, 15) is 0 Å². The van der Waals surface area contributed by atoms with E-state index in [1.165, 1.54) is 40.3 Å². The lowest BCUT2D eigenvalue weighted by molar-refractivity contribution is 0.669. The third kappa shape index (κ3) is 3.60. The second kappa shape index (κ2) is 8.92. The predicted octanol–water partition coefficient (Wildman–Crippen LogP) is 12.6. The number of thiophene rings is 2. The summed E-state index contributed by atoms with van der Waals surface area (Å²) in [4.78, 5) is 2.38. The molecule has 0 fully saturated rings. The standard InChI is InChI=1S/C36H20BrNOS2/c37-30-20-23(19-29-26-9-3-6-12-34(26)41-36(29)30)38(21-13-15-32-27(17-21)24-7-1-4-10-31(24)39-32)22-14-16-35-28(18-22)25-8-2-5-11-33(25)40-35/h1-20H. The third-order valence-corrected chi connectivity index (χ3v) is 11.2. The number of nitrogens with zero attached hydrogens (tertiary/aromatic N) is 1. The van der Waals surface area contributed by atoms with Gasteiger partial charge in [-0.1, -0.05) is 54.6 Å². The first-order valence-electron chi connectivity index (χ1n) is 13.4. The first kappa shape index (κ1) is 23.5. The molecule has 0 radical (unpaired) electrons. The molecule has 0 aliphatic heterocycles. The first-order chi connectivity index (χ1) is 20.2. The van der Waals surface area contributed by atoms with E-state index >= 15 is 0 Å². The topological polar surface area (TPSA) is 16.4 Å². The van der Waals surface area contributed by atoms with Crippen LogP contribution in [-0.2, 0) is 0 Å². The highest BCUT2D eigenvalue weighted by Gasteiger charge is 2.19. The highest BCUT2D eigenvalue weighted by Crippen LogP contribution is 2.46. The lowest BCUT2D eigenvalue weighted by Gasteiger charge is -2.26. The third-order valence-electron chi connectivity index (χ3n) is 7.91. The van der Waals surface area contributed by atoms with Gasteiger partial charge in [-0.15, -0.1) is 22.7 Å². The van der Waals surface area contributed by atoms with Crippen LogP contribution < -0.4 is 4.90 Å². The average molecular weight is 627 g/mol. The van der Waals surface area contributed by atoms with Gasteiger partial charge in [0.2, 0.25) is 0 Å². The SMILES string of the molecule is Brc1cc(N(c2ccc3oc4ccccc4c3c2)c2ccc3sc4ccccc4c3c2)cc2c1sc1ccccc12. The Hall–Kier alpha value is -4.16. The summed E-state index contributed by atoms with van der Waals surface area (Å²) < 4.78 is 12.5. The van der Waals surface area contributed by atoms with E-state index in [1.807, 2.05) is 34.8 Å². The summed E-state index contributed by atoms with van der Waals surface area (Å²) in [5.41, 5.74) is 5.13. The van der Waals surface area contributed by atoms with Gasteiger partial charge in [0.15, 0.2) is 0 Å². The van der Waals surface area contributed by atoms with Crippen LogP contribution in [0.5, 0.6) is 0 Å². The van der Waals surface area contributed by atoms with Crippen LogP contribution in [0.3, 0.4) is 0 Å². The summed E-state index contributed by atoms with van der Waals surface area (Å²) in [6, 6.07) is 43.6. The molecule has 0 saturated heterocycles. The largest absolute Gasteiger partial charge is 0.456 e. The van der Waals surface area contributed by atoms with Crippen molar-refractivity contribution in [1.29, 1.82) is 0 Å². The lowest BCUT2D eigenvalue weighted by atomic mass is 10.1. The number of fused-ring (bicyclic) bond motifs is 9. The Morgan fingerprint density at radius 3 is 1.88 bits per heavy atom. The van der Waals surface area contributed by atoms with Gasteiger partial charge < -0.3 is 9.32 Å². The van der Waals surface area contributed by atoms with Crippen molar-refractivity contribution in [2.45, 2.75) is 0 Å². The first-order valence-corrected chi connectivity index (χ1v) is 15.9. The van der Waals surface area contributed by atoms with E-state index in [2.05, 4.69) is 130 Å². The van der Waals surface area contributed by atoms with E-state index in [4.69, 9.17) is 4.42 Å². The van der Waals surface area contributed by atoms with Crippen molar-refractivity contribution in [3.8, 4) is 0 Å². The molecule has 3 aromatic heterocycles. The van der Waals surface area contributed by atoms with Crippen LogP contribution in [0.15, 0.2) is 130 Å². The Balaban J connectivity index is 1.34. The molecule has 0 N–H and O–H groups in total. The van der Waals surface area contributed by atoms with E-state index in [1.54, 1.807) is 0 Å². The van der Waals surface area contributed by atoms with Gasteiger partial charge in [-0.05, 0) is 82.7 Å². The molecule has 0 amide bonds. The molecule has 3 heterocycles. The van der Waals surface area contributed by atoms with Crippen molar-refractivity contribution in [1.82, 2.24) is 0 Å². The smallest absolute Gasteiger partial charge is 0.135 e. The monoisotopic (exact) mass is 625 g/mol. The second-order valence-corrected chi connectivity index (χ2v) is 13.3. The zero-order valence-corrected chi connectivity index (χ0v) is 24.8. The fourth-order valence-electron chi connectivity index (χ4n) is 6.05. The molecule has 0 aliphatic carbocycles. The molecule has 2 nitrogen and oxygen atoms in total. The molecule has 0 bridgehead atoms. The molecule has 194 valence electrons. The van der Waals surface area contributed by atoms with Gasteiger partial charge in [-0.3, -0.25) is 0 Å². The van der Waals surface area contributed by atoms with Gasteiger partial charge in [0.05, 0.1) is 0 Å². The number of para-hydroxylation sites is 1. The summed E-state index contributed by atoms with van der Waals surface area (Å²) >= 11 is 7.62. The zero-order chi connectivity index (χ0) is 27.1. The fraction of sp³-hybridized carbons (Fsp3) is 0.